The van der Waals surface area contributed by atoms with Crippen molar-refractivity contribution in [2.24, 2.45) is 0 Å². The van der Waals surface area contributed by atoms with Gasteiger partial charge in [-0.2, -0.15) is 0 Å². The Hall–Kier alpha value is -2.04. The van der Waals surface area contributed by atoms with Gasteiger partial charge in [-0.1, -0.05) is 59.6 Å². The molecule has 2 amide bonds. The zero-order valence-corrected chi connectivity index (χ0v) is 15.6. The fourth-order valence-corrected chi connectivity index (χ4v) is 2.98. The largest absolute Gasteiger partial charge is 0.357 e. The van der Waals surface area contributed by atoms with Crippen LogP contribution in [0, 0.1) is 0 Å². The Bertz CT molecular complexity index is 750. The average Bonchev–Trinajstić information content (AvgIpc) is 2.61. The number of amides is 2. The molecule has 0 saturated heterocycles. The molecule has 0 spiro atoms. The number of carbonyl (C=O) groups is 2. The summed E-state index contributed by atoms with van der Waals surface area (Å²) in [6.07, 6.45) is 0.101. The number of benzene rings is 2. The first-order chi connectivity index (χ1) is 11.9. The second-order valence-electron chi connectivity index (χ2n) is 5.71. The Morgan fingerprint density at radius 3 is 2.40 bits per heavy atom. The van der Waals surface area contributed by atoms with Gasteiger partial charge in [0.1, 0.15) is 6.04 Å². The molecule has 1 atom stereocenters. The smallest absolute Gasteiger partial charge is 0.242 e. The molecule has 0 radical (unpaired) electrons. The second-order valence-corrected chi connectivity index (χ2v) is 6.55. The summed E-state index contributed by atoms with van der Waals surface area (Å²) in [5.41, 5.74) is 1.63. The van der Waals surface area contributed by atoms with E-state index in [0.717, 1.165) is 5.56 Å². The number of nitrogens with one attached hydrogen (secondary N) is 1. The van der Waals surface area contributed by atoms with E-state index in [-0.39, 0.29) is 18.2 Å². The van der Waals surface area contributed by atoms with Crippen LogP contribution in [0.25, 0.3) is 0 Å². The van der Waals surface area contributed by atoms with Crippen molar-refractivity contribution in [2.75, 3.05) is 7.05 Å². The zero-order valence-electron chi connectivity index (χ0n) is 14.1. The lowest BCUT2D eigenvalue weighted by atomic mass is 10.1. The van der Waals surface area contributed by atoms with E-state index < -0.39 is 6.04 Å². The van der Waals surface area contributed by atoms with Crippen molar-refractivity contribution in [1.29, 1.82) is 0 Å². The molecule has 0 aliphatic rings. The van der Waals surface area contributed by atoms with Crippen LogP contribution in [-0.2, 0) is 22.6 Å². The molecule has 0 aliphatic carbocycles. The molecule has 0 saturated carbocycles. The number of likely N-dealkylation sites (N-methyl/N-ethyl adjacent to an activating group) is 1. The van der Waals surface area contributed by atoms with E-state index in [9.17, 15) is 9.59 Å². The van der Waals surface area contributed by atoms with Gasteiger partial charge in [-0.25, -0.2) is 0 Å². The molecule has 2 aromatic rings. The minimum absolute atomic E-state index is 0.101. The van der Waals surface area contributed by atoms with Crippen molar-refractivity contribution in [3.8, 4) is 0 Å². The van der Waals surface area contributed by atoms with Gasteiger partial charge in [0, 0.05) is 23.6 Å². The highest BCUT2D eigenvalue weighted by molar-refractivity contribution is 6.35. The lowest BCUT2D eigenvalue weighted by molar-refractivity contribution is -0.139. The van der Waals surface area contributed by atoms with Gasteiger partial charge >= 0.3 is 0 Å². The van der Waals surface area contributed by atoms with E-state index in [4.69, 9.17) is 23.2 Å². The van der Waals surface area contributed by atoms with Gasteiger partial charge in [-0.15, -0.1) is 0 Å². The van der Waals surface area contributed by atoms with Crippen molar-refractivity contribution in [1.82, 2.24) is 10.2 Å². The van der Waals surface area contributed by atoms with Crippen LogP contribution in [0.5, 0.6) is 0 Å². The van der Waals surface area contributed by atoms with E-state index in [2.05, 4.69) is 5.32 Å². The monoisotopic (exact) mass is 378 g/mol. The number of nitrogens with zero attached hydrogens (tertiary/aromatic N) is 1. The maximum absolute atomic E-state index is 12.9. The number of carbonyl (C=O) groups excluding carboxylic acids is 2. The Balaban J connectivity index is 2.23. The molecule has 132 valence electrons. The average molecular weight is 379 g/mol. The third-order valence-corrected chi connectivity index (χ3v) is 4.55. The molecule has 25 heavy (non-hydrogen) atoms. The lowest BCUT2D eigenvalue weighted by Gasteiger charge is -2.28. The highest BCUT2D eigenvalue weighted by atomic mass is 35.5. The van der Waals surface area contributed by atoms with Gasteiger partial charge in [0.2, 0.25) is 11.8 Å². The molecule has 0 bridgehead atoms. The summed E-state index contributed by atoms with van der Waals surface area (Å²) in [5, 5.41) is 3.55. The number of hydrogen-bond donors (Lipinski definition) is 1. The van der Waals surface area contributed by atoms with Gasteiger partial charge < -0.3 is 10.2 Å². The van der Waals surface area contributed by atoms with Crippen LogP contribution in [0.3, 0.4) is 0 Å². The molecule has 0 unspecified atom stereocenters. The van der Waals surface area contributed by atoms with Gasteiger partial charge in [-0.3, -0.25) is 9.59 Å². The third-order valence-electron chi connectivity index (χ3n) is 3.97. The van der Waals surface area contributed by atoms with E-state index in [1.807, 2.05) is 30.3 Å². The summed E-state index contributed by atoms with van der Waals surface area (Å²) < 4.78 is 0. The molecule has 0 heterocycles. The number of rotatable bonds is 6. The van der Waals surface area contributed by atoms with Crippen LogP contribution in [0.2, 0.25) is 10.0 Å². The van der Waals surface area contributed by atoms with Crippen LogP contribution in [-0.4, -0.2) is 29.8 Å². The van der Waals surface area contributed by atoms with Crippen molar-refractivity contribution in [2.45, 2.75) is 25.9 Å². The topological polar surface area (TPSA) is 49.4 Å². The summed E-state index contributed by atoms with van der Waals surface area (Å²) in [7, 11) is 1.56. The van der Waals surface area contributed by atoms with E-state index >= 15 is 0 Å². The molecule has 1 N–H and O–H groups in total. The first kappa shape index (κ1) is 19.3. The molecule has 4 nitrogen and oxygen atoms in total. The maximum atomic E-state index is 12.9. The molecule has 6 heteroatoms. The first-order valence-electron chi connectivity index (χ1n) is 7.91. The summed E-state index contributed by atoms with van der Waals surface area (Å²) in [6, 6.07) is 14.0. The van der Waals surface area contributed by atoms with E-state index in [1.54, 1.807) is 37.1 Å². The van der Waals surface area contributed by atoms with Crippen molar-refractivity contribution in [3.63, 3.8) is 0 Å². The lowest BCUT2D eigenvalue weighted by Crippen LogP contribution is -2.47. The molecule has 0 aromatic heterocycles. The molecule has 2 rings (SSSR count). The van der Waals surface area contributed by atoms with Crippen LogP contribution in [0.4, 0.5) is 0 Å². The normalized spacial score (nSPS) is 11.7. The van der Waals surface area contributed by atoms with Gasteiger partial charge in [0.25, 0.3) is 0 Å². The van der Waals surface area contributed by atoms with Crippen LogP contribution < -0.4 is 5.32 Å². The van der Waals surface area contributed by atoms with Crippen molar-refractivity contribution < 1.29 is 9.59 Å². The second kappa shape index (κ2) is 8.88. The molecular formula is C19H20Cl2N2O2. The summed E-state index contributed by atoms with van der Waals surface area (Å²) in [4.78, 5) is 26.5. The van der Waals surface area contributed by atoms with Crippen molar-refractivity contribution >= 4 is 35.0 Å². The van der Waals surface area contributed by atoms with E-state index in [1.165, 1.54) is 0 Å². The Labute approximate surface area is 157 Å². The Kier molecular flexibility index (Phi) is 6.85. The predicted molar refractivity (Wildman–Crippen MR) is 101 cm³/mol. The number of halogens is 2. The fraction of sp³-hybridized carbons (Fsp3) is 0.263. The molecule has 0 fully saturated rings. The highest BCUT2D eigenvalue weighted by Gasteiger charge is 2.25. The predicted octanol–water partition coefficient (Wildman–Crippen LogP) is 3.70. The number of hydrogen-bond acceptors (Lipinski definition) is 2. The molecule has 0 aliphatic heterocycles. The van der Waals surface area contributed by atoms with Gasteiger partial charge in [-0.05, 0) is 30.2 Å². The minimum Gasteiger partial charge on any atom is -0.357 e. The van der Waals surface area contributed by atoms with Crippen LogP contribution in [0.1, 0.15) is 18.1 Å². The van der Waals surface area contributed by atoms with Crippen molar-refractivity contribution in [3.05, 3.63) is 69.7 Å². The summed E-state index contributed by atoms with van der Waals surface area (Å²) >= 11 is 12.1. The van der Waals surface area contributed by atoms with Crippen LogP contribution >= 0.6 is 23.2 Å². The summed E-state index contributed by atoms with van der Waals surface area (Å²) in [5.74, 6) is -0.393. The molecular weight excluding hydrogens is 359 g/mol. The summed E-state index contributed by atoms with van der Waals surface area (Å²) in [6.45, 7) is 2.06. The fourth-order valence-electron chi connectivity index (χ4n) is 2.50. The van der Waals surface area contributed by atoms with Gasteiger partial charge in [0.05, 0.1) is 6.42 Å². The Morgan fingerprint density at radius 1 is 1.12 bits per heavy atom. The maximum Gasteiger partial charge on any atom is 0.242 e. The van der Waals surface area contributed by atoms with E-state index in [0.29, 0.717) is 22.2 Å². The minimum atomic E-state index is -0.594. The SMILES string of the molecule is CNC(=O)[C@@H](C)N(Cc1ccccc1)C(=O)Cc1ccc(Cl)cc1Cl. The standard InChI is InChI=1S/C19H20Cl2N2O2/c1-13(19(25)22-2)23(12-14-6-4-3-5-7-14)18(24)10-15-8-9-16(20)11-17(15)21/h3-9,11,13H,10,12H2,1-2H3,(H,22,25)/t13-/m1/s1. The zero-order chi connectivity index (χ0) is 18.4. The highest BCUT2D eigenvalue weighted by Crippen LogP contribution is 2.22. The Morgan fingerprint density at radius 2 is 1.80 bits per heavy atom. The quantitative estimate of drug-likeness (QED) is 0.832. The molecule has 2 aromatic carbocycles. The van der Waals surface area contributed by atoms with Gasteiger partial charge in [0.15, 0.2) is 0 Å². The van der Waals surface area contributed by atoms with Crippen LogP contribution in [0.15, 0.2) is 48.5 Å². The third kappa shape index (κ3) is 5.21. The first-order valence-corrected chi connectivity index (χ1v) is 8.67.